The van der Waals surface area contributed by atoms with Crippen LogP contribution in [0.1, 0.15) is 25.9 Å². The van der Waals surface area contributed by atoms with E-state index in [1.165, 1.54) is 12.7 Å². The average Bonchev–Trinajstić information content (AvgIpc) is 3.48. The number of aromatic nitrogens is 8. The van der Waals surface area contributed by atoms with E-state index in [4.69, 9.17) is 0 Å². The molecule has 0 saturated carbocycles. The number of rotatable bonds is 6. The normalized spacial score (nSPS) is 13.6. The van der Waals surface area contributed by atoms with Crippen LogP contribution in [0.2, 0.25) is 0 Å². The second-order valence-electron chi connectivity index (χ2n) is 7.95. The molecular weight excluding hydrogens is 408 g/mol. The summed E-state index contributed by atoms with van der Waals surface area (Å²) in [7, 11) is 0. The molecule has 1 aromatic carbocycles. The highest BCUT2D eigenvalue weighted by atomic mass is 16.1. The topological polar surface area (TPSA) is 105 Å². The Bertz CT molecular complexity index is 1380. The lowest BCUT2D eigenvalue weighted by atomic mass is 10.1. The zero-order valence-corrected chi connectivity index (χ0v) is 17.7. The highest BCUT2D eigenvalue weighted by Gasteiger charge is 2.15. The fourth-order valence-corrected chi connectivity index (χ4v) is 3.93. The molecule has 4 heterocycles. The summed E-state index contributed by atoms with van der Waals surface area (Å²) in [5.41, 5.74) is 0.604. The molecule has 0 saturated heterocycles. The van der Waals surface area contributed by atoms with Crippen molar-refractivity contribution in [2.24, 2.45) is 0 Å². The van der Waals surface area contributed by atoms with Crippen molar-refractivity contribution < 1.29 is 0 Å². The van der Waals surface area contributed by atoms with Crippen molar-refractivity contribution in [1.82, 2.24) is 38.7 Å². The number of fused-ring (bicyclic) bond motifs is 2. The Hall–Kier alpha value is -4.08. The first-order valence-electron chi connectivity index (χ1n) is 10.4. The second kappa shape index (κ2) is 7.88. The Kier molecular flexibility index (Phi) is 4.89. The van der Waals surface area contributed by atoms with Crippen LogP contribution in [-0.2, 0) is 13.1 Å². The Morgan fingerprint density at radius 2 is 1.19 bits per heavy atom. The van der Waals surface area contributed by atoms with E-state index in [2.05, 4.69) is 20.2 Å². The molecule has 10 nitrogen and oxygen atoms in total. The van der Waals surface area contributed by atoms with Gasteiger partial charge in [0.15, 0.2) is 0 Å². The third kappa shape index (κ3) is 3.49. The second-order valence-corrected chi connectivity index (χ2v) is 7.95. The fraction of sp³-hybridized carbons (Fsp3) is 0.273. The lowest BCUT2D eigenvalue weighted by Gasteiger charge is -2.16. The number of benzene rings is 1. The zero-order chi connectivity index (χ0) is 22.2. The fourth-order valence-electron chi connectivity index (χ4n) is 3.93. The van der Waals surface area contributed by atoms with Crippen LogP contribution >= 0.6 is 0 Å². The maximum atomic E-state index is 13.2. The van der Waals surface area contributed by atoms with E-state index in [0.717, 1.165) is 0 Å². The molecule has 0 aliphatic carbocycles. The SMILES string of the molecule is C[C@H](Cn1cccn1)n1cnc2cc3c(=O)n([C@H](C)Cn4cccn4)cnc3cc2c1=O. The maximum absolute atomic E-state index is 13.2. The molecule has 2 atom stereocenters. The van der Waals surface area contributed by atoms with Crippen molar-refractivity contribution in [2.75, 3.05) is 0 Å². The van der Waals surface area contributed by atoms with Crippen LogP contribution in [0.5, 0.6) is 0 Å². The molecule has 0 spiro atoms. The van der Waals surface area contributed by atoms with Gasteiger partial charge in [0.05, 0.1) is 59.6 Å². The summed E-state index contributed by atoms with van der Waals surface area (Å²) in [5.74, 6) is 0. The standard InChI is InChI=1S/C22H22N8O2/c1-15(11-27-7-3-5-25-27)29-13-23-19-10-18-20(9-17(19)21(29)31)24-14-30(22(18)32)16(2)12-28-8-4-6-26-28/h3-10,13-16H,11-12H2,1-2H3/t15-,16-/m1/s1. The summed E-state index contributed by atoms with van der Waals surface area (Å²) in [6, 6.07) is 6.71. The van der Waals surface area contributed by atoms with Gasteiger partial charge in [-0.05, 0) is 38.1 Å². The molecular formula is C22H22N8O2. The lowest BCUT2D eigenvalue weighted by Crippen LogP contribution is -2.28. The van der Waals surface area contributed by atoms with Gasteiger partial charge in [0.25, 0.3) is 11.1 Å². The van der Waals surface area contributed by atoms with Crippen molar-refractivity contribution in [3.05, 3.63) is 82.4 Å². The zero-order valence-electron chi connectivity index (χ0n) is 17.7. The third-order valence-electron chi connectivity index (χ3n) is 5.66. The van der Waals surface area contributed by atoms with E-state index in [9.17, 15) is 9.59 Å². The Morgan fingerprint density at radius 3 is 1.56 bits per heavy atom. The first-order valence-corrected chi connectivity index (χ1v) is 10.4. The summed E-state index contributed by atoms with van der Waals surface area (Å²) in [4.78, 5) is 35.2. The molecule has 4 aromatic heterocycles. The molecule has 0 aliphatic heterocycles. The van der Waals surface area contributed by atoms with Crippen LogP contribution in [0.25, 0.3) is 21.8 Å². The molecule has 5 rings (SSSR count). The summed E-state index contributed by atoms with van der Waals surface area (Å²) in [6.45, 7) is 4.97. The molecule has 0 bridgehead atoms. The maximum Gasteiger partial charge on any atom is 0.261 e. The minimum Gasteiger partial charge on any atom is -0.294 e. The largest absolute Gasteiger partial charge is 0.294 e. The van der Waals surface area contributed by atoms with E-state index in [-0.39, 0.29) is 23.2 Å². The summed E-state index contributed by atoms with van der Waals surface area (Å²) < 4.78 is 6.72. The van der Waals surface area contributed by atoms with Gasteiger partial charge in [-0.1, -0.05) is 0 Å². The van der Waals surface area contributed by atoms with Gasteiger partial charge in [-0.25, -0.2) is 9.97 Å². The summed E-state index contributed by atoms with van der Waals surface area (Å²) in [6.07, 6.45) is 10.2. The molecule has 32 heavy (non-hydrogen) atoms. The van der Waals surface area contributed by atoms with E-state index in [1.807, 2.05) is 38.4 Å². The molecule has 162 valence electrons. The van der Waals surface area contributed by atoms with E-state index < -0.39 is 0 Å². The smallest absolute Gasteiger partial charge is 0.261 e. The van der Waals surface area contributed by atoms with Gasteiger partial charge in [-0.15, -0.1) is 0 Å². The van der Waals surface area contributed by atoms with Gasteiger partial charge in [-0.3, -0.25) is 28.1 Å². The minimum absolute atomic E-state index is 0.140. The van der Waals surface area contributed by atoms with E-state index >= 15 is 0 Å². The van der Waals surface area contributed by atoms with Gasteiger partial charge in [0.2, 0.25) is 0 Å². The van der Waals surface area contributed by atoms with Gasteiger partial charge in [0, 0.05) is 24.8 Å². The Labute approximate surface area is 182 Å². The van der Waals surface area contributed by atoms with Gasteiger partial charge >= 0.3 is 0 Å². The minimum atomic E-state index is -0.172. The van der Waals surface area contributed by atoms with Crippen molar-refractivity contribution in [1.29, 1.82) is 0 Å². The monoisotopic (exact) mass is 430 g/mol. The van der Waals surface area contributed by atoms with Crippen molar-refractivity contribution in [3.8, 4) is 0 Å². The quantitative estimate of drug-likeness (QED) is 0.382. The molecule has 0 unspecified atom stereocenters. The predicted octanol–water partition coefficient (Wildman–Crippen LogP) is 2.02. The summed E-state index contributed by atoms with van der Waals surface area (Å²) >= 11 is 0. The van der Waals surface area contributed by atoms with Crippen LogP contribution in [0.15, 0.2) is 71.3 Å². The van der Waals surface area contributed by atoms with Crippen LogP contribution in [0.4, 0.5) is 0 Å². The first kappa shape index (κ1) is 19.9. The highest BCUT2D eigenvalue weighted by Crippen LogP contribution is 2.17. The molecule has 10 heteroatoms. The molecule has 0 aliphatic rings. The predicted molar refractivity (Wildman–Crippen MR) is 119 cm³/mol. The average molecular weight is 430 g/mol. The van der Waals surface area contributed by atoms with Crippen LogP contribution in [0.3, 0.4) is 0 Å². The van der Waals surface area contributed by atoms with Crippen molar-refractivity contribution >= 4 is 21.8 Å². The molecule has 0 N–H and O–H groups in total. The van der Waals surface area contributed by atoms with E-state index in [1.54, 1.807) is 43.0 Å². The van der Waals surface area contributed by atoms with Crippen molar-refractivity contribution in [3.63, 3.8) is 0 Å². The van der Waals surface area contributed by atoms with E-state index in [0.29, 0.717) is 34.9 Å². The van der Waals surface area contributed by atoms with Crippen LogP contribution in [0, 0.1) is 0 Å². The number of hydrogen-bond acceptors (Lipinski definition) is 6. The lowest BCUT2D eigenvalue weighted by molar-refractivity contribution is 0.425. The number of nitrogens with zero attached hydrogens (tertiary/aromatic N) is 8. The van der Waals surface area contributed by atoms with Gasteiger partial charge in [0.1, 0.15) is 0 Å². The summed E-state index contributed by atoms with van der Waals surface area (Å²) in [5, 5.41) is 9.26. The third-order valence-corrected chi connectivity index (χ3v) is 5.66. The molecule has 0 fully saturated rings. The van der Waals surface area contributed by atoms with Crippen molar-refractivity contribution in [2.45, 2.75) is 39.0 Å². The highest BCUT2D eigenvalue weighted by molar-refractivity contribution is 5.93. The van der Waals surface area contributed by atoms with Crippen LogP contribution < -0.4 is 11.1 Å². The van der Waals surface area contributed by atoms with Gasteiger partial charge in [-0.2, -0.15) is 10.2 Å². The van der Waals surface area contributed by atoms with Crippen LogP contribution in [-0.4, -0.2) is 38.7 Å². The first-order chi connectivity index (χ1) is 15.5. The molecule has 0 amide bonds. The molecule has 0 radical (unpaired) electrons. The molecule has 5 aromatic rings. The van der Waals surface area contributed by atoms with Gasteiger partial charge < -0.3 is 0 Å². The Morgan fingerprint density at radius 1 is 0.750 bits per heavy atom. The Balaban J connectivity index is 1.54. The number of hydrogen-bond donors (Lipinski definition) is 0.